The molecule has 1 saturated carbocycles. The Morgan fingerprint density at radius 3 is 2.35 bits per heavy atom. The molecule has 1 aliphatic rings. The van der Waals surface area contributed by atoms with E-state index >= 15 is 0 Å². The van der Waals surface area contributed by atoms with Crippen molar-refractivity contribution in [3.05, 3.63) is 27.8 Å². The van der Waals surface area contributed by atoms with Crippen LogP contribution in [0.4, 0.5) is 0 Å². The number of aliphatic hydroxyl groups is 1. The van der Waals surface area contributed by atoms with Gasteiger partial charge in [0, 0.05) is 16.2 Å². The van der Waals surface area contributed by atoms with Gasteiger partial charge in [0.25, 0.3) is 0 Å². The molecule has 0 saturated heterocycles. The van der Waals surface area contributed by atoms with Crippen molar-refractivity contribution in [2.45, 2.75) is 23.8 Å². The summed E-state index contributed by atoms with van der Waals surface area (Å²) in [5.74, 6) is 0. The molecule has 1 aromatic carbocycles. The predicted molar refractivity (Wildman–Crippen MR) is 73.2 cm³/mol. The molecule has 0 aliphatic heterocycles. The summed E-state index contributed by atoms with van der Waals surface area (Å²) >= 11 is 2.14. The Labute approximate surface area is 115 Å². The normalized spacial score (nSPS) is 16.4. The van der Waals surface area contributed by atoms with Gasteiger partial charge >= 0.3 is 0 Å². The minimum absolute atomic E-state index is 0.0754. The summed E-state index contributed by atoms with van der Waals surface area (Å²) < 4.78 is 27.1. The van der Waals surface area contributed by atoms with Gasteiger partial charge in [-0.15, -0.1) is 0 Å². The fourth-order valence-corrected chi connectivity index (χ4v) is 3.74. The fraction of sp³-hybridized carbons (Fsp3) is 0.455. The molecule has 1 aromatic rings. The molecular formula is C11H14INO3S. The van der Waals surface area contributed by atoms with E-state index in [-0.39, 0.29) is 19.2 Å². The van der Waals surface area contributed by atoms with E-state index < -0.39 is 10.0 Å². The van der Waals surface area contributed by atoms with Crippen LogP contribution in [0, 0.1) is 3.57 Å². The van der Waals surface area contributed by atoms with Crippen LogP contribution in [-0.2, 0) is 10.0 Å². The number of benzene rings is 1. The van der Waals surface area contributed by atoms with Gasteiger partial charge in [-0.3, -0.25) is 0 Å². The molecule has 0 atom stereocenters. The van der Waals surface area contributed by atoms with Crippen LogP contribution < -0.4 is 0 Å². The SMILES string of the molecule is O=S(=O)(c1ccc(I)cc1)N(CCO)C1CC1. The van der Waals surface area contributed by atoms with Crippen molar-refractivity contribution in [3.63, 3.8) is 0 Å². The molecule has 0 unspecified atom stereocenters. The van der Waals surface area contributed by atoms with Crippen LogP contribution in [0.5, 0.6) is 0 Å². The second-order valence-electron chi connectivity index (χ2n) is 4.02. The Kier molecular flexibility index (Phi) is 4.06. The van der Waals surface area contributed by atoms with Crippen LogP contribution in [0.1, 0.15) is 12.8 Å². The van der Waals surface area contributed by atoms with Crippen molar-refractivity contribution in [2.24, 2.45) is 0 Å². The summed E-state index contributed by atoms with van der Waals surface area (Å²) in [7, 11) is -3.45. The summed E-state index contributed by atoms with van der Waals surface area (Å²) in [6.45, 7) is 0.0408. The number of rotatable bonds is 5. The van der Waals surface area contributed by atoms with Gasteiger partial charge in [-0.2, -0.15) is 4.31 Å². The lowest BCUT2D eigenvalue weighted by Crippen LogP contribution is -2.35. The second-order valence-corrected chi connectivity index (χ2v) is 7.16. The molecule has 0 heterocycles. The molecule has 1 aliphatic carbocycles. The van der Waals surface area contributed by atoms with Gasteiger partial charge in [-0.25, -0.2) is 8.42 Å². The van der Waals surface area contributed by atoms with Crippen molar-refractivity contribution in [2.75, 3.05) is 13.2 Å². The molecule has 0 radical (unpaired) electrons. The zero-order valence-electron chi connectivity index (χ0n) is 9.21. The Morgan fingerprint density at radius 1 is 1.29 bits per heavy atom. The number of nitrogens with zero attached hydrogens (tertiary/aromatic N) is 1. The van der Waals surface area contributed by atoms with E-state index in [1.165, 1.54) is 4.31 Å². The van der Waals surface area contributed by atoms with E-state index in [1.807, 2.05) is 0 Å². The highest BCUT2D eigenvalue weighted by molar-refractivity contribution is 14.1. The van der Waals surface area contributed by atoms with Crippen LogP contribution in [0.3, 0.4) is 0 Å². The number of sulfonamides is 1. The van der Waals surface area contributed by atoms with E-state index in [1.54, 1.807) is 24.3 Å². The summed E-state index contributed by atoms with van der Waals surface area (Å²) in [5, 5.41) is 8.96. The third kappa shape index (κ3) is 2.98. The van der Waals surface area contributed by atoms with Gasteiger partial charge < -0.3 is 5.11 Å². The maximum Gasteiger partial charge on any atom is 0.243 e. The first kappa shape index (κ1) is 13.3. The Balaban J connectivity index is 2.30. The first-order valence-corrected chi connectivity index (χ1v) is 7.96. The van der Waals surface area contributed by atoms with Crippen LogP contribution in [0.2, 0.25) is 0 Å². The minimum Gasteiger partial charge on any atom is -0.395 e. The van der Waals surface area contributed by atoms with Crippen molar-refractivity contribution in [1.82, 2.24) is 4.31 Å². The van der Waals surface area contributed by atoms with E-state index in [9.17, 15) is 8.42 Å². The molecule has 0 amide bonds. The fourth-order valence-electron chi connectivity index (χ4n) is 1.70. The molecule has 0 spiro atoms. The van der Waals surface area contributed by atoms with E-state index in [4.69, 9.17) is 5.11 Å². The smallest absolute Gasteiger partial charge is 0.243 e. The Hall–Kier alpha value is -0.180. The molecule has 4 nitrogen and oxygen atoms in total. The number of hydrogen-bond acceptors (Lipinski definition) is 3. The lowest BCUT2D eigenvalue weighted by atomic mass is 10.4. The first-order chi connectivity index (χ1) is 8.05. The summed E-state index contributed by atoms with van der Waals surface area (Å²) in [6, 6.07) is 6.86. The molecule has 6 heteroatoms. The largest absolute Gasteiger partial charge is 0.395 e. The van der Waals surface area contributed by atoms with Crippen molar-refractivity contribution in [1.29, 1.82) is 0 Å². The molecule has 2 rings (SSSR count). The molecule has 0 aromatic heterocycles. The lowest BCUT2D eigenvalue weighted by Gasteiger charge is -2.20. The van der Waals surface area contributed by atoms with Crippen LogP contribution in [0.15, 0.2) is 29.2 Å². The van der Waals surface area contributed by atoms with Crippen LogP contribution in [-0.4, -0.2) is 37.0 Å². The standard InChI is InChI=1S/C11H14INO3S/c12-9-1-5-11(6-2-9)17(15,16)13(7-8-14)10-3-4-10/h1-2,5-6,10,14H,3-4,7-8H2. The zero-order chi connectivity index (χ0) is 12.5. The summed E-state index contributed by atoms with van der Waals surface area (Å²) in [4.78, 5) is 0.304. The van der Waals surface area contributed by atoms with Gasteiger partial charge in [0.1, 0.15) is 0 Å². The van der Waals surface area contributed by atoms with Gasteiger partial charge in [0.05, 0.1) is 11.5 Å². The highest BCUT2D eigenvalue weighted by atomic mass is 127. The lowest BCUT2D eigenvalue weighted by molar-refractivity contribution is 0.250. The molecule has 17 heavy (non-hydrogen) atoms. The molecule has 1 fully saturated rings. The highest BCUT2D eigenvalue weighted by Gasteiger charge is 2.37. The number of hydrogen-bond donors (Lipinski definition) is 1. The third-order valence-corrected chi connectivity index (χ3v) is 5.38. The number of aliphatic hydroxyl groups excluding tert-OH is 1. The highest BCUT2D eigenvalue weighted by Crippen LogP contribution is 2.31. The van der Waals surface area contributed by atoms with E-state index in [0.29, 0.717) is 4.90 Å². The number of halogens is 1. The molecular weight excluding hydrogens is 353 g/mol. The average Bonchev–Trinajstić information content (AvgIpc) is 3.10. The maximum atomic E-state index is 12.3. The Bertz CT molecular complexity index is 482. The van der Waals surface area contributed by atoms with E-state index in [2.05, 4.69) is 22.6 Å². The van der Waals surface area contributed by atoms with Gasteiger partial charge in [0.15, 0.2) is 0 Å². The summed E-state index contributed by atoms with van der Waals surface area (Å²) in [6.07, 6.45) is 1.78. The first-order valence-electron chi connectivity index (χ1n) is 5.44. The second kappa shape index (κ2) is 5.21. The average molecular weight is 367 g/mol. The van der Waals surface area contributed by atoms with Crippen molar-refractivity contribution >= 4 is 32.6 Å². The minimum atomic E-state index is -3.45. The predicted octanol–water partition coefficient (Wildman–Crippen LogP) is 1.44. The third-order valence-electron chi connectivity index (χ3n) is 2.69. The quantitative estimate of drug-likeness (QED) is 0.802. The van der Waals surface area contributed by atoms with Gasteiger partial charge in [-0.1, -0.05) is 0 Å². The Morgan fingerprint density at radius 2 is 1.88 bits per heavy atom. The van der Waals surface area contributed by atoms with Crippen LogP contribution >= 0.6 is 22.6 Å². The van der Waals surface area contributed by atoms with Crippen molar-refractivity contribution < 1.29 is 13.5 Å². The maximum absolute atomic E-state index is 12.3. The molecule has 94 valence electrons. The summed E-state index contributed by atoms with van der Waals surface area (Å²) in [5.41, 5.74) is 0. The molecule has 1 N–H and O–H groups in total. The molecule has 0 bridgehead atoms. The van der Waals surface area contributed by atoms with Crippen molar-refractivity contribution in [3.8, 4) is 0 Å². The van der Waals surface area contributed by atoms with Gasteiger partial charge in [0.2, 0.25) is 10.0 Å². The topological polar surface area (TPSA) is 57.6 Å². The van der Waals surface area contributed by atoms with Crippen LogP contribution in [0.25, 0.3) is 0 Å². The zero-order valence-corrected chi connectivity index (χ0v) is 12.2. The van der Waals surface area contributed by atoms with Gasteiger partial charge in [-0.05, 0) is 59.7 Å². The van der Waals surface area contributed by atoms with E-state index in [0.717, 1.165) is 16.4 Å². The monoisotopic (exact) mass is 367 g/mol.